The molecule has 20 heavy (non-hydrogen) atoms. The third-order valence-corrected chi connectivity index (χ3v) is 4.10. The van der Waals surface area contributed by atoms with Crippen molar-refractivity contribution in [3.05, 3.63) is 21.6 Å². The van der Waals surface area contributed by atoms with Gasteiger partial charge in [0.2, 0.25) is 0 Å². The molecule has 1 N–H and O–H groups in total. The molecule has 7 heteroatoms. The third kappa shape index (κ3) is 3.12. The highest BCUT2D eigenvalue weighted by atomic mass is 35.5. The van der Waals surface area contributed by atoms with E-state index < -0.39 is 11.5 Å². The number of nitrogens with zero attached hydrogens (tertiary/aromatic N) is 2. The number of methoxy groups -OCH3 is 1. The van der Waals surface area contributed by atoms with Gasteiger partial charge in [-0.1, -0.05) is 18.0 Å². The Morgan fingerprint density at radius 2 is 2.35 bits per heavy atom. The van der Waals surface area contributed by atoms with Crippen molar-refractivity contribution in [3.8, 4) is 0 Å². The van der Waals surface area contributed by atoms with Crippen LogP contribution in [0, 0.1) is 5.92 Å². The van der Waals surface area contributed by atoms with Gasteiger partial charge in [0.05, 0.1) is 19.0 Å². The average Bonchev–Trinajstić information content (AvgIpc) is 2.36. The molecule has 0 radical (unpaired) electrons. The van der Waals surface area contributed by atoms with Crippen LogP contribution < -0.4 is 10.9 Å². The maximum absolute atomic E-state index is 12.0. The van der Waals surface area contributed by atoms with Crippen molar-refractivity contribution >= 4 is 23.3 Å². The number of carbonyl (C=O) groups excluding carboxylic acids is 1. The highest BCUT2D eigenvalue weighted by Crippen LogP contribution is 2.31. The Labute approximate surface area is 122 Å². The maximum Gasteiger partial charge on any atom is 0.327 e. The molecule has 0 bridgehead atoms. The molecule has 0 aliphatic heterocycles. The van der Waals surface area contributed by atoms with Gasteiger partial charge in [-0.2, -0.15) is 5.10 Å². The van der Waals surface area contributed by atoms with Crippen molar-refractivity contribution < 1.29 is 9.53 Å². The Kier molecular flexibility index (Phi) is 4.65. The van der Waals surface area contributed by atoms with Gasteiger partial charge in [0.25, 0.3) is 5.56 Å². The van der Waals surface area contributed by atoms with Gasteiger partial charge in [0.15, 0.2) is 0 Å². The van der Waals surface area contributed by atoms with Gasteiger partial charge in [-0.25, -0.2) is 4.68 Å². The summed E-state index contributed by atoms with van der Waals surface area (Å²) in [5.41, 5.74) is 0.0139. The molecule has 2 rings (SSSR count). The first-order chi connectivity index (χ1) is 9.52. The monoisotopic (exact) mass is 299 g/mol. The summed E-state index contributed by atoms with van der Waals surface area (Å²) in [5.74, 6) is 0.0720. The largest absolute Gasteiger partial charge is 0.468 e. The zero-order chi connectivity index (χ0) is 14.7. The summed E-state index contributed by atoms with van der Waals surface area (Å²) in [5, 5.41) is 7.21. The lowest BCUT2D eigenvalue weighted by atomic mass is 9.80. The highest BCUT2D eigenvalue weighted by Gasteiger charge is 2.24. The number of ether oxygens (including phenoxy) is 1. The number of hydrogen-bond donors (Lipinski definition) is 1. The predicted molar refractivity (Wildman–Crippen MR) is 75.9 cm³/mol. The minimum absolute atomic E-state index is 0.0510. The first-order valence-electron chi connectivity index (χ1n) is 6.62. The Morgan fingerprint density at radius 3 is 2.90 bits per heavy atom. The standard InChI is InChI=1S/C13H18ClN3O3/c1-8(9-4-3-5-9)16-10-6-15-17(7-11(18)20-2)13(19)12(10)14/h6,8-9,16H,3-5,7H2,1-2H3. The topological polar surface area (TPSA) is 73.2 Å². The van der Waals surface area contributed by atoms with E-state index in [0.717, 1.165) is 4.68 Å². The van der Waals surface area contributed by atoms with Crippen molar-refractivity contribution in [2.24, 2.45) is 5.92 Å². The smallest absolute Gasteiger partial charge is 0.327 e. The molecule has 1 aromatic rings. The third-order valence-electron chi connectivity index (χ3n) is 3.73. The SMILES string of the molecule is COC(=O)Cn1ncc(NC(C)C2CCC2)c(Cl)c1=O. The number of nitrogens with one attached hydrogen (secondary N) is 1. The van der Waals surface area contributed by atoms with E-state index in [0.29, 0.717) is 11.6 Å². The number of carbonyl (C=O) groups is 1. The molecular weight excluding hydrogens is 282 g/mol. The summed E-state index contributed by atoms with van der Waals surface area (Å²) >= 11 is 6.05. The van der Waals surface area contributed by atoms with Gasteiger partial charge in [-0.15, -0.1) is 0 Å². The summed E-state index contributed by atoms with van der Waals surface area (Å²) in [7, 11) is 1.26. The summed E-state index contributed by atoms with van der Waals surface area (Å²) in [6.07, 6.45) is 5.11. The first kappa shape index (κ1) is 14.8. The predicted octanol–water partition coefficient (Wildman–Crippen LogP) is 1.67. The van der Waals surface area contributed by atoms with Crippen LogP contribution >= 0.6 is 11.6 Å². The molecule has 0 spiro atoms. The first-order valence-corrected chi connectivity index (χ1v) is 6.99. The Morgan fingerprint density at radius 1 is 1.65 bits per heavy atom. The van der Waals surface area contributed by atoms with Crippen LogP contribution in [0.1, 0.15) is 26.2 Å². The van der Waals surface area contributed by atoms with E-state index >= 15 is 0 Å². The summed E-state index contributed by atoms with van der Waals surface area (Å²) in [6, 6.07) is 0.249. The van der Waals surface area contributed by atoms with Crippen molar-refractivity contribution in [1.82, 2.24) is 9.78 Å². The number of halogens is 1. The molecule has 1 aliphatic rings. The van der Waals surface area contributed by atoms with Gasteiger partial charge < -0.3 is 10.1 Å². The van der Waals surface area contributed by atoms with Crippen molar-refractivity contribution in [2.75, 3.05) is 12.4 Å². The lowest BCUT2D eigenvalue weighted by molar-refractivity contribution is -0.141. The lowest BCUT2D eigenvalue weighted by Gasteiger charge is -2.32. The van der Waals surface area contributed by atoms with Crippen LogP contribution in [0.2, 0.25) is 5.02 Å². The fourth-order valence-corrected chi connectivity index (χ4v) is 2.37. The number of hydrogen-bond acceptors (Lipinski definition) is 5. The van der Waals surface area contributed by atoms with Gasteiger partial charge >= 0.3 is 5.97 Å². The van der Waals surface area contributed by atoms with Crippen molar-refractivity contribution in [2.45, 2.75) is 38.8 Å². The number of aromatic nitrogens is 2. The van der Waals surface area contributed by atoms with Crippen LogP contribution in [-0.4, -0.2) is 28.9 Å². The van der Waals surface area contributed by atoms with E-state index in [1.807, 2.05) is 0 Å². The number of esters is 1. The Bertz CT molecular complexity index is 554. The second kappa shape index (κ2) is 6.26. The van der Waals surface area contributed by atoms with Crippen molar-refractivity contribution in [1.29, 1.82) is 0 Å². The van der Waals surface area contributed by atoms with Crippen LogP contribution in [0.15, 0.2) is 11.0 Å². The van der Waals surface area contributed by atoms with Crippen LogP contribution in [0.25, 0.3) is 0 Å². The molecule has 1 aromatic heterocycles. The molecule has 0 aromatic carbocycles. The quantitative estimate of drug-likeness (QED) is 0.837. The Balaban J connectivity index is 2.13. The fraction of sp³-hybridized carbons (Fsp3) is 0.615. The molecule has 6 nitrogen and oxygen atoms in total. The zero-order valence-corrected chi connectivity index (χ0v) is 12.3. The summed E-state index contributed by atoms with van der Waals surface area (Å²) in [6.45, 7) is 1.83. The molecule has 110 valence electrons. The van der Waals surface area contributed by atoms with E-state index in [1.54, 1.807) is 0 Å². The van der Waals surface area contributed by atoms with Gasteiger partial charge in [-0.3, -0.25) is 9.59 Å². The second-order valence-electron chi connectivity index (χ2n) is 5.04. The van der Waals surface area contributed by atoms with Crippen LogP contribution in [0.5, 0.6) is 0 Å². The number of rotatable bonds is 5. The van der Waals surface area contributed by atoms with Crippen molar-refractivity contribution in [3.63, 3.8) is 0 Å². The lowest BCUT2D eigenvalue weighted by Crippen LogP contribution is -2.33. The average molecular weight is 300 g/mol. The minimum Gasteiger partial charge on any atom is -0.468 e. The Hall–Kier alpha value is -1.56. The molecule has 1 fully saturated rings. The molecule has 1 heterocycles. The molecule has 1 saturated carbocycles. The maximum atomic E-state index is 12.0. The van der Waals surface area contributed by atoms with Gasteiger partial charge in [0, 0.05) is 6.04 Å². The molecule has 0 saturated heterocycles. The van der Waals surface area contributed by atoms with E-state index in [-0.39, 0.29) is 17.6 Å². The van der Waals surface area contributed by atoms with Crippen LogP contribution in [0.3, 0.4) is 0 Å². The van der Waals surface area contributed by atoms with Crippen LogP contribution in [-0.2, 0) is 16.1 Å². The zero-order valence-electron chi connectivity index (χ0n) is 11.6. The highest BCUT2D eigenvalue weighted by molar-refractivity contribution is 6.32. The molecule has 1 unspecified atom stereocenters. The van der Waals surface area contributed by atoms with E-state index in [1.165, 1.54) is 32.6 Å². The van der Waals surface area contributed by atoms with Crippen LogP contribution in [0.4, 0.5) is 5.69 Å². The molecule has 0 amide bonds. The van der Waals surface area contributed by atoms with Gasteiger partial charge in [-0.05, 0) is 25.7 Å². The second-order valence-corrected chi connectivity index (χ2v) is 5.41. The fourth-order valence-electron chi connectivity index (χ4n) is 2.17. The minimum atomic E-state index is -0.542. The number of anilines is 1. The summed E-state index contributed by atoms with van der Waals surface area (Å²) in [4.78, 5) is 23.2. The van der Waals surface area contributed by atoms with E-state index in [2.05, 4.69) is 22.1 Å². The van der Waals surface area contributed by atoms with Gasteiger partial charge in [0.1, 0.15) is 11.6 Å². The summed E-state index contributed by atoms with van der Waals surface area (Å²) < 4.78 is 5.49. The molecular formula is C13H18ClN3O3. The van der Waals surface area contributed by atoms with E-state index in [4.69, 9.17) is 11.6 Å². The normalized spacial score (nSPS) is 16.4. The molecule has 1 aliphatic carbocycles. The van der Waals surface area contributed by atoms with E-state index in [9.17, 15) is 9.59 Å². The molecule has 1 atom stereocenters.